The normalized spacial score (nSPS) is 15.0. The Kier molecular flexibility index (Phi) is 5.50. The summed E-state index contributed by atoms with van der Waals surface area (Å²) in [5.74, 6) is 1.43. The molecule has 44 heavy (non-hydrogen) atoms. The van der Waals surface area contributed by atoms with E-state index in [9.17, 15) is 0 Å². The van der Waals surface area contributed by atoms with Gasteiger partial charge in [-0.25, -0.2) is 9.98 Å². The van der Waals surface area contributed by atoms with E-state index in [1.807, 2.05) is 36.4 Å². The van der Waals surface area contributed by atoms with Crippen molar-refractivity contribution < 1.29 is 4.42 Å². The van der Waals surface area contributed by atoms with Crippen molar-refractivity contribution in [3.8, 4) is 5.69 Å². The molecule has 1 aliphatic heterocycles. The molecule has 0 fully saturated rings. The number of rotatable bonds is 4. The minimum atomic E-state index is -0.277. The summed E-state index contributed by atoms with van der Waals surface area (Å²) in [7, 11) is 0. The largest absolute Gasteiger partial charge is 0.455 e. The van der Waals surface area contributed by atoms with Gasteiger partial charge in [0.25, 0.3) is 0 Å². The summed E-state index contributed by atoms with van der Waals surface area (Å²) < 4.78 is 9.01. The van der Waals surface area contributed by atoms with Crippen molar-refractivity contribution in [1.82, 2.24) is 9.88 Å². The molecule has 208 valence electrons. The molecule has 1 unspecified atom stereocenters. The average molecular weight is 567 g/mol. The van der Waals surface area contributed by atoms with Gasteiger partial charge in [-0.3, -0.25) is 0 Å². The van der Waals surface area contributed by atoms with Crippen LogP contribution in [0.4, 0.5) is 0 Å². The Morgan fingerprint density at radius 3 is 2.00 bits per heavy atom. The van der Waals surface area contributed by atoms with Crippen LogP contribution in [0, 0.1) is 0 Å². The van der Waals surface area contributed by atoms with Crippen molar-refractivity contribution >= 4 is 55.4 Å². The van der Waals surface area contributed by atoms with Crippen molar-refractivity contribution in [3.63, 3.8) is 0 Å². The highest BCUT2D eigenvalue weighted by Gasteiger charge is 2.23. The molecule has 0 amide bonds. The quantitative estimate of drug-likeness (QED) is 0.231. The first-order chi connectivity index (χ1) is 21.8. The molecular formula is C39H26N4O. The van der Waals surface area contributed by atoms with Gasteiger partial charge in [0.05, 0.1) is 16.6 Å². The van der Waals surface area contributed by atoms with Gasteiger partial charge in [-0.05, 0) is 35.9 Å². The predicted molar refractivity (Wildman–Crippen MR) is 180 cm³/mol. The van der Waals surface area contributed by atoms with E-state index in [1.165, 1.54) is 21.8 Å². The molecule has 9 rings (SSSR count). The molecule has 5 nitrogen and oxygen atoms in total. The molecular weight excluding hydrogens is 540 g/mol. The zero-order valence-corrected chi connectivity index (χ0v) is 23.7. The van der Waals surface area contributed by atoms with Crippen LogP contribution in [0.15, 0.2) is 160 Å². The Balaban J connectivity index is 1.23. The maximum Gasteiger partial charge on any atom is 0.163 e. The number of nitrogens with one attached hydrogen (secondary N) is 1. The summed E-state index contributed by atoms with van der Waals surface area (Å²) >= 11 is 0. The summed E-state index contributed by atoms with van der Waals surface area (Å²) in [6.45, 7) is 0. The number of hydrogen-bond acceptors (Lipinski definition) is 4. The summed E-state index contributed by atoms with van der Waals surface area (Å²) in [5.41, 5.74) is 7.96. The fraction of sp³-hybridized carbons (Fsp3) is 0.0256. The summed E-state index contributed by atoms with van der Waals surface area (Å²) in [5, 5.41) is 8.12. The first kappa shape index (κ1) is 24.6. The van der Waals surface area contributed by atoms with Crippen molar-refractivity contribution in [3.05, 3.63) is 162 Å². The molecule has 2 aromatic heterocycles. The van der Waals surface area contributed by atoms with Crippen LogP contribution in [0.5, 0.6) is 0 Å². The van der Waals surface area contributed by atoms with Crippen LogP contribution in [0.1, 0.15) is 22.9 Å². The third-order valence-electron chi connectivity index (χ3n) is 8.47. The van der Waals surface area contributed by atoms with E-state index >= 15 is 0 Å². The second-order valence-corrected chi connectivity index (χ2v) is 11.1. The van der Waals surface area contributed by atoms with Crippen LogP contribution in [-0.4, -0.2) is 16.2 Å². The Bertz CT molecular complexity index is 2360. The van der Waals surface area contributed by atoms with Gasteiger partial charge in [-0.15, -0.1) is 0 Å². The van der Waals surface area contributed by atoms with Gasteiger partial charge in [-0.1, -0.05) is 109 Å². The molecule has 1 aliphatic rings. The minimum absolute atomic E-state index is 0.277. The van der Waals surface area contributed by atoms with Crippen molar-refractivity contribution in [2.75, 3.05) is 0 Å². The average Bonchev–Trinajstić information content (AvgIpc) is 3.64. The van der Waals surface area contributed by atoms with Crippen LogP contribution in [0.3, 0.4) is 0 Å². The lowest BCUT2D eigenvalue weighted by atomic mass is 10.1. The number of aromatic nitrogens is 1. The maximum atomic E-state index is 6.70. The summed E-state index contributed by atoms with van der Waals surface area (Å²) in [6, 6.07) is 50.3. The van der Waals surface area contributed by atoms with Gasteiger partial charge in [0.1, 0.15) is 23.2 Å². The van der Waals surface area contributed by atoms with Crippen LogP contribution >= 0.6 is 0 Å². The zero-order valence-electron chi connectivity index (χ0n) is 23.7. The van der Waals surface area contributed by atoms with Crippen molar-refractivity contribution in [2.24, 2.45) is 9.98 Å². The van der Waals surface area contributed by atoms with Crippen molar-refractivity contribution in [2.45, 2.75) is 6.17 Å². The smallest absolute Gasteiger partial charge is 0.163 e. The third kappa shape index (κ3) is 3.87. The molecule has 0 bridgehead atoms. The molecule has 0 radical (unpaired) electrons. The molecule has 6 aromatic carbocycles. The number of aliphatic imine (C=N–C) groups is 2. The van der Waals surface area contributed by atoms with Crippen LogP contribution < -0.4 is 5.32 Å². The number of furan rings is 1. The minimum Gasteiger partial charge on any atom is -0.455 e. The summed E-state index contributed by atoms with van der Waals surface area (Å²) in [4.78, 5) is 10.1. The van der Waals surface area contributed by atoms with E-state index in [2.05, 4.69) is 119 Å². The fourth-order valence-corrected chi connectivity index (χ4v) is 6.42. The van der Waals surface area contributed by atoms with Gasteiger partial charge < -0.3 is 14.3 Å². The Labute approximate surface area is 253 Å². The molecule has 3 heterocycles. The van der Waals surface area contributed by atoms with Crippen LogP contribution in [-0.2, 0) is 0 Å². The Hall–Kier alpha value is -5.94. The van der Waals surface area contributed by atoms with Gasteiger partial charge >= 0.3 is 0 Å². The monoisotopic (exact) mass is 566 g/mol. The molecule has 0 saturated carbocycles. The van der Waals surface area contributed by atoms with Gasteiger partial charge in [-0.2, -0.15) is 0 Å². The molecule has 1 N–H and O–H groups in total. The lowest BCUT2D eigenvalue weighted by Gasteiger charge is -2.23. The molecule has 5 heteroatoms. The maximum absolute atomic E-state index is 6.70. The molecule has 0 spiro atoms. The van der Waals surface area contributed by atoms with E-state index < -0.39 is 0 Å². The van der Waals surface area contributed by atoms with E-state index in [-0.39, 0.29) is 6.17 Å². The van der Waals surface area contributed by atoms with E-state index in [0.29, 0.717) is 5.84 Å². The topological polar surface area (TPSA) is 54.8 Å². The third-order valence-corrected chi connectivity index (χ3v) is 8.47. The van der Waals surface area contributed by atoms with Crippen molar-refractivity contribution in [1.29, 1.82) is 0 Å². The standard InChI is InChI=1S/C39H26N4O/c1-3-12-25(13-4-1)37-40-38(26-14-5-2-6-15-26)42-39(41-37)32-19-11-18-31-30-23-22-27(24-35(30)44-36(31)32)43-33-20-9-7-16-28(33)29-17-8-10-21-34(29)43/h1-24,37H,(H,40,41,42). The Morgan fingerprint density at radius 2 is 1.25 bits per heavy atom. The molecule has 1 atom stereocenters. The van der Waals surface area contributed by atoms with Gasteiger partial charge in [0, 0.05) is 38.9 Å². The van der Waals surface area contributed by atoms with E-state index in [4.69, 9.17) is 14.4 Å². The lowest BCUT2D eigenvalue weighted by Crippen LogP contribution is -2.33. The highest BCUT2D eigenvalue weighted by molar-refractivity contribution is 6.19. The lowest BCUT2D eigenvalue weighted by molar-refractivity contribution is 0.663. The zero-order chi connectivity index (χ0) is 29.0. The fourth-order valence-electron chi connectivity index (χ4n) is 6.42. The van der Waals surface area contributed by atoms with Gasteiger partial charge in [0.2, 0.25) is 0 Å². The first-order valence-electron chi connectivity index (χ1n) is 14.8. The SMILES string of the molecule is c1ccc(C2=NC(c3cccc4c3oc3cc(-n5c6ccccc6c6ccccc65)ccc34)=NC(c3ccccc3)N2)cc1. The summed E-state index contributed by atoms with van der Waals surface area (Å²) in [6.07, 6.45) is -0.277. The van der Waals surface area contributed by atoms with Crippen LogP contribution in [0.25, 0.3) is 49.4 Å². The second kappa shape index (κ2) is 9.82. The molecule has 8 aromatic rings. The van der Waals surface area contributed by atoms with E-state index in [1.54, 1.807) is 0 Å². The number of fused-ring (bicyclic) bond motifs is 6. The second-order valence-electron chi connectivity index (χ2n) is 11.1. The number of nitrogens with zero attached hydrogens (tertiary/aromatic N) is 3. The highest BCUT2D eigenvalue weighted by atomic mass is 16.3. The number of benzene rings is 6. The first-order valence-corrected chi connectivity index (χ1v) is 14.8. The predicted octanol–water partition coefficient (Wildman–Crippen LogP) is 9.18. The number of amidine groups is 2. The highest BCUT2D eigenvalue weighted by Crippen LogP contribution is 2.36. The van der Waals surface area contributed by atoms with Gasteiger partial charge in [0.15, 0.2) is 5.84 Å². The molecule has 0 aliphatic carbocycles. The van der Waals surface area contributed by atoms with Crippen LogP contribution in [0.2, 0.25) is 0 Å². The molecule has 0 saturated heterocycles. The number of hydrogen-bond donors (Lipinski definition) is 1. The Morgan fingerprint density at radius 1 is 0.591 bits per heavy atom. The number of para-hydroxylation sites is 3. The van der Waals surface area contributed by atoms with E-state index in [0.717, 1.165) is 50.2 Å².